The number of hydrogen-bond donors (Lipinski definition) is 3. The number of fused-ring (bicyclic) bond motifs is 1. The Morgan fingerprint density at radius 2 is 1.97 bits per heavy atom. The normalized spacial score (nSPS) is 25.1. The lowest BCUT2D eigenvalue weighted by molar-refractivity contribution is 0.0349. The molecule has 2 saturated heterocycles. The van der Waals surface area contributed by atoms with Gasteiger partial charge in [-0.25, -0.2) is 9.97 Å². The van der Waals surface area contributed by atoms with Crippen LogP contribution < -0.4 is 14.9 Å². The number of piperidine rings is 1. The lowest BCUT2D eigenvalue weighted by Gasteiger charge is -2.43. The number of quaternary nitrogens is 1. The highest BCUT2D eigenvalue weighted by molar-refractivity contribution is 7.86. The maximum Gasteiger partial charge on any atom is 0.256 e. The number of nitrogens with one attached hydrogen (secondary N) is 2. The average Bonchev–Trinajstić information content (AvgIpc) is 3.25. The molecule has 5 heterocycles. The van der Waals surface area contributed by atoms with Crippen LogP contribution in [0.1, 0.15) is 46.1 Å². The fourth-order valence-corrected chi connectivity index (χ4v) is 5.96. The molecule has 5 rings (SSSR count). The number of hydrogen-bond acceptors (Lipinski definition) is 9. The number of hydroxylamine groups is 2. The molecule has 0 bridgehead atoms. The molecule has 2 fully saturated rings. The Morgan fingerprint density at radius 1 is 1.25 bits per heavy atom. The van der Waals surface area contributed by atoms with Gasteiger partial charge in [0.1, 0.15) is 17.0 Å². The Balaban J connectivity index is 1.44. The lowest BCUT2D eigenvalue weighted by Crippen LogP contribution is -2.52. The fourth-order valence-electron chi connectivity index (χ4n) is 4.73. The van der Waals surface area contributed by atoms with Gasteiger partial charge in [-0.15, -0.1) is 5.10 Å². The smallest absolute Gasteiger partial charge is 0.256 e. The summed E-state index contributed by atoms with van der Waals surface area (Å²) in [7, 11) is -0.436. The number of aliphatic hydroxyl groups is 1. The van der Waals surface area contributed by atoms with Crippen LogP contribution in [0, 0.1) is 9.99 Å². The molecule has 36 heavy (non-hydrogen) atoms. The molecule has 3 aromatic heterocycles. The van der Waals surface area contributed by atoms with E-state index in [1.54, 1.807) is 18.5 Å². The molecule has 0 amide bonds. The second kappa shape index (κ2) is 9.66. The Labute approximate surface area is 213 Å². The van der Waals surface area contributed by atoms with Crippen molar-refractivity contribution in [3.8, 4) is 0 Å². The van der Waals surface area contributed by atoms with Gasteiger partial charge in [-0.3, -0.25) is 9.46 Å². The monoisotopic (exact) mass is 513 g/mol. The largest absolute Gasteiger partial charge is 0.626 e. The zero-order valence-electron chi connectivity index (χ0n) is 21.1. The van der Waals surface area contributed by atoms with Gasteiger partial charge in [0, 0.05) is 37.6 Å². The molecular formula is C24H35N9O2S. The minimum atomic E-state index is -0.634. The number of rotatable bonds is 6. The Morgan fingerprint density at radius 3 is 2.67 bits per heavy atom. The molecule has 12 heteroatoms. The first-order chi connectivity index (χ1) is 17.2. The van der Waals surface area contributed by atoms with Crippen molar-refractivity contribution in [2.75, 3.05) is 47.9 Å². The zero-order valence-corrected chi connectivity index (χ0v) is 22.0. The van der Waals surface area contributed by atoms with Crippen molar-refractivity contribution < 1.29 is 5.11 Å². The average molecular weight is 514 g/mol. The van der Waals surface area contributed by atoms with Gasteiger partial charge in [0.2, 0.25) is 5.95 Å². The minimum Gasteiger partial charge on any atom is -0.626 e. The molecule has 2 aliphatic heterocycles. The highest BCUT2D eigenvalue weighted by Crippen LogP contribution is 2.35. The van der Waals surface area contributed by atoms with E-state index >= 15 is 0 Å². The third-order valence-electron chi connectivity index (χ3n) is 7.39. The van der Waals surface area contributed by atoms with Crippen molar-refractivity contribution in [1.29, 1.82) is 4.78 Å². The van der Waals surface area contributed by atoms with Crippen LogP contribution in [-0.4, -0.2) is 73.1 Å². The summed E-state index contributed by atoms with van der Waals surface area (Å²) in [6.45, 7) is 8.25. The number of nitrogens with zero attached hydrogens (tertiary/aromatic N) is 7. The maximum atomic E-state index is 13.7. The SMILES string of the molecule is CCC(C)n1nc([N+]2([O-])CCS(=N)CC2)c2cnc(Nc3ccnc(N4CCC(C)(O)CC4)n3)cc21. The molecule has 194 valence electrons. The molecule has 0 saturated carbocycles. The first kappa shape index (κ1) is 25.0. The molecule has 11 nitrogen and oxygen atoms in total. The summed E-state index contributed by atoms with van der Waals surface area (Å²) in [6, 6.07) is 3.86. The van der Waals surface area contributed by atoms with Gasteiger partial charge in [-0.2, -0.15) is 4.98 Å². The number of anilines is 3. The summed E-state index contributed by atoms with van der Waals surface area (Å²) in [4.78, 5) is 15.8. The summed E-state index contributed by atoms with van der Waals surface area (Å²) < 4.78 is 9.47. The van der Waals surface area contributed by atoms with Crippen molar-refractivity contribution in [1.82, 2.24) is 29.4 Å². The zero-order chi connectivity index (χ0) is 25.5. The van der Waals surface area contributed by atoms with E-state index in [0.29, 0.717) is 73.9 Å². The molecular weight excluding hydrogens is 478 g/mol. The van der Waals surface area contributed by atoms with Gasteiger partial charge >= 0.3 is 0 Å². The Kier molecular flexibility index (Phi) is 6.70. The molecule has 0 radical (unpaired) electrons. The summed E-state index contributed by atoms with van der Waals surface area (Å²) >= 11 is 0. The quantitative estimate of drug-likeness (QED) is 0.336. The third kappa shape index (κ3) is 4.95. The van der Waals surface area contributed by atoms with Crippen LogP contribution in [-0.2, 0) is 10.7 Å². The van der Waals surface area contributed by atoms with Crippen LogP contribution in [0.2, 0.25) is 0 Å². The lowest BCUT2D eigenvalue weighted by atomic mass is 9.94. The van der Waals surface area contributed by atoms with E-state index in [9.17, 15) is 10.3 Å². The molecule has 0 aliphatic carbocycles. The second-order valence-corrected chi connectivity index (χ2v) is 12.0. The third-order valence-corrected chi connectivity index (χ3v) is 8.74. The van der Waals surface area contributed by atoms with Crippen molar-refractivity contribution >= 4 is 45.0 Å². The predicted molar refractivity (Wildman–Crippen MR) is 145 cm³/mol. The molecule has 0 aromatic carbocycles. The summed E-state index contributed by atoms with van der Waals surface area (Å²) in [6.07, 6.45) is 5.70. The predicted octanol–water partition coefficient (Wildman–Crippen LogP) is 3.49. The van der Waals surface area contributed by atoms with Gasteiger partial charge in [0.15, 0.2) is 0 Å². The highest BCUT2D eigenvalue weighted by Gasteiger charge is 2.32. The van der Waals surface area contributed by atoms with Crippen LogP contribution in [0.5, 0.6) is 0 Å². The van der Waals surface area contributed by atoms with Crippen molar-refractivity contribution in [2.45, 2.75) is 51.7 Å². The van der Waals surface area contributed by atoms with Gasteiger partial charge < -0.3 is 25.2 Å². The molecule has 1 unspecified atom stereocenters. The summed E-state index contributed by atoms with van der Waals surface area (Å²) in [5.74, 6) is 3.60. The molecule has 3 aromatic rings. The van der Waals surface area contributed by atoms with Gasteiger partial charge in [0.05, 0.1) is 35.7 Å². The Bertz CT molecular complexity index is 1260. The molecule has 1 atom stereocenters. The van der Waals surface area contributed by atoms with E-state index in [0.717, 1.165) is 17.3 Å². The number of aromatic nitrogens is 5. The van der Waals surface area contributed by atoms with E-state index in [-0.39, 0.29) is 6.04 Å². The molecule has 3 N–H and O–H groups in total. The first-order valence-electron chi connectivity index (χ1n) is 12.6. The van der Waals surface area contributed by atoms with Crippen molar-refractivity contribution in [2.24, 2.45) is 0 Å². The fraction of sp³-hybridized carbons (Fsp3) is 0.583. The van der Waals surface area contributed by atoms with Crippen LogP contribution >= 0.6 is 0 Å². The minimum absolute atomic E-state index is 0.126. The van der Waals surface area contributed by atoms with E-state index < -0.39 is 20.9 Å². The van der Waals surface area contributed by atoms with Crippen molar-refractivity contribution in [3.05, 3.63) is 29.7 Å². The number of pyridine rings is 1. The van der Waals surface area contributed by atoms with E-state index in [1.165, 1.54) is 0 Å². The van der Waals surface area contributed by atoms with Gasteiger partial charge in [-0.05, 0) is 39.2 Å². The van der Waals surface area contributed by atoms with E-state index in [2.05, 4.69) is 39.0 Å². The highest BCUT2D eigenvalue weighted by atomic mass is 32.2. The van der Waals surface area contributed by atoms with Crippen LogP contribution in [0.3, 0.4) is 0 Å². The standard InChI is InChI=1S/C24H35N9O2S/c1-4-17(2)32-19-15-21(27-16-18(19)22(30-32)33(35)11-13-36(25)14-12-33)28-20-5-8-26-23(29-20)31-9-6-24(3,34)7-10-31/h5,8,15-17,25,34H,4,6-7,9-14H2,1-3H3,(H,26,27,28,29). The van der Waals surface area contributed by atoms with Crippen LogP contribution in [0.4, 0.5) is 23.4 Å². The maximum absolute atomic E-state index is 13.7. The topological polar surface area (TPSA) is 139 Å². The van der Waals surface area contributed by atoms with Gasteiger partial charge in [0.25, 0.3) is 5.82 Å². The molecule has 0 spiro atoms. The molecule has 2 aliphatic rings. The Hall–Kier alpha value is -2.67. The summed E-state index contributed by atoms with van der Waals surface area (Å²) in [5, 5.41) is 32.8. The second-order valence-electron chi connectivity index (χ2n) is 10.2. The van der Waals surface area contributed by atoms with E-state index in [1.807, 2.05) is 17.7 Å². The van der Waals surface area contributed by atoms with Crippen LogP contribution in [0.15, 0.2) is 24.5 Å². The van der Waals surface area contributed by atoms with Crippen molar-refractivity contribution in [3.63, 3.8) is 0 Å². The first-order valence-corrected chi connectivity index (χ1v) is 14.2. The van der Waals surface area contributed by atoms with Crippen LogP contribution in [0.25, 0.3) is 10.9 Å². The van der Waals surface area contributed by atoms with Gasteiger partial charge in [-0.1, -0.05) is 17.6 Å². The van der Waals surface area contributed by atoms with E-state index in [4.69, 9.17) is 9.88 Å². The summed E-state index contributed by atoms with van der Waals surface area (Å²) in [5.41, 5.74) is 0.235.